The largest absolute Gasteiger partial charge is 0.424 e. The Labute approximate surface area is 102 Å². The highest BCUT2D eigenvalue weighted by Gasteiger charge is 2.02. The lowest BCUT2D eigenvalue weighted by molar-refractivity contribution is 0.444. The molecule has 0 radical (unpaired) electrons. The second kappa shape index (κ2) is 4.29. The molecule has 0 saturated carbocycles. The minimum absolute atomic E-state index is 0.202. The van der Waals surface area contributed by atoms with Gasteiger partial charge in [0.05, 0.1) is 0 Å². The van der Waals surface area contributed by atoms with E-state index in [2.05, 4.69) is 15.0 Å². The molecule has 1 aromatic carbocycles. The van der Waals surface area contributed by atoms with Gasteiger partial charge >= 0.3 is 6.01 Å². The smallest absolute Gasteiger partial charge is 0.323 e. The van der Waals surface area contributed by atoms with Crippen molar-refractivity contribution in [2.45, 2.75) is 0 Å². The van der Waals surface area contributed by atoms with Gasteiger partial charge in [-0.3, -0.25) is 4.79 Å². The molecule has 3 aromatic rings. The maximum absolute atomic E-state index is 11.2. The third-order valence-corrected chi connectivity index (χ3v) is 2.40. The van der Waals surface area contributed by atoms with Crippen molar-refractivity contribution < 1.29 is 4.74 Å². The lowest BCUT2D eigenvalue weighted by atomic mass is 10.3. The molecule has 3 rings (SSSR count). The van der Waals surface area contributed by atoms with Crippen LogP contribution in [0.3, 0.4) is 0 Å². The molecule has 0 saturated heterocycles. The van der Waals surface area contributed by atoms with E-state index >= 15 is 0 Å². The number of rotatable bonds is 2. The predicted octanol–water partition coefficient (Wildman–Crippen LogP) is 2.11. The first-order valence-electron chi connectivity index (χ1n) is 5.40. The number of para-hydroxylation sites is 1. The number of aromatic amines is 1. The average molecular weight is 239 g/mol. The minimum atomic E-state index is -0.202. The van der Waals surface area contributed by atoms with Gasteiger partial charge < -0.3 is 9.72 Å². The van der Waals surface area contributed by atoms with E-state index in [1.165, 1.54) is 6.07 Å². The number of fused-ring (bicyclic) bond motifs is 1. The standard InChI is InChI=1S/C13H9N3O2/c17-11-7-6-9-8-14-13(16-12(9)15-11)18-10-4-2-1-3-5-10/h1-8H,(H,14,15,16,17). The van der Waals surface area contributed by atoms with E-state index in [-0.39, 0.29) is 11.6 Å². The number of hydrogen-bond donors (Lipinski definition) is 1. The summed E-state index contributed by atoms with van der Waals surface area (Å²) in [6, 6.07) is 12.5. The Morgan fingerprint density at radius 3 is 2.72 bits per heavy atom. The summed E-state index contributed by atoms with van der Waals surface area (Å²) < 4.78 is 5.48. The molecule has 2 heterocycles. The van der Waals surface area contributed by atoms with E-state index in [1.54, 1.807) is 24.4 Å². The Bertz CT molecular complexity index is 738. The van der Waals surface area contributed by atoms with Gasteiger partial charge in [0, 0.05) is 17.6 Å². The second-order valence-electron chi connectivity index (χ2n) is 3.69. The Kier molecular flexibility index (Phi) is 2.49. The predicted molar refractivity (Wildman–Crippen MR) is 66.7 cm³/mol. The van der Waals surface area contributed by atoms with Gasteiger partial charge in [-0.05, 0) is 18.2 Å². The van der Waals surface area contributed by atoms with E-state index in [0.717, 1.165) is 5.39 Å². The van der Waals surface area contributed by atoms with Gasteiger partial charge in [0.1, 0.15) is 11.4 Å². The number of aromatic nitrogens is 3. The van der Waals surface area contributed by atoms with E-state index < -0.39 is 0 Å². The van der Waals surface area contributed by atoms with Crippen molar-refractivity contribution in [1.29, 1.82) is 0 Å². The summed E-state index contributed by atoms with van der Waals surface area (Å²) in [5.41, 5.74) is 0.260. The number of nitrogens with one attached hydrogen (secondary N) is 1. The quantitative estimate of drug-likeness (QED) is 0.743. The Balaban J connectivity index is 2.00. The van der Waals surface area contributed by atoms with Gasteiger partial charge in [-0.15, -0.1) is 0 Å². The van der Waals surface area contributed by atoms with Crippen LogP contribution in [0.5, 0.6) is 11.8 Å². The van der Waals surface area contributed by atoms with Crippen LogP contribution >= 0.6 is 0 Å². The van der Waals surface area contributed by atoms with Gasteiger partial charge in [0.15, 0.2) is 0 Å². The molecular weight excluding hydrogens is 230 g/mol. The van der Waals surface area contributed by atoms with Gasteiger partial charge in [-0.2, -0.15) is 4.98 Å². The number of pyridine rings is 1. The molecule has 2 aromatic heterocycles. The van der Waals surface area contributed by atoms with E-state index in [9.17, 15) is 4.79 Å². The van der Waals surface area contributed by atoms with Gasteiger partial charge in [0.25, 0.3) is 0 Å². The number of benzene rings is 1. The zero-order valence-electron chi connectivity index (χ0n) is 9.33. The lowest BCUT2D eigenvalue weighted by Crippen LogP contribution is -2.04. The monoisotopic (exact) mass is 239 g/mol. The Morgan fingerprint density at radius 2 is 1.89 bits per heavy atom. The van der Waals surface area contributed by atoms with Crippen molar-refractivity contribution in [1.82, 2.24) is 15.0 Å². The van der Waals surface area contributed by atoms with Crippen LogP contribution in [-0.4, -0.2) is 15.0 Å². The maximum Gasteiger partial charge on any atom is 0.323 e. The zero-order chi connectivity index (χ0) is 12.4. The molecule has 18 heavy (non-hydrogen) atoms. The fraction of sp³-hybridized carbons (Fsp3) is 0. The van der Waals surface area contributed by atoms with Gasteiger partial charge in [-0.1, -0.05) is 18.2 Å². The van der Waals surface area contributed by atoms with Crippen molar-refractivity contribution in [2.24, 2.45) is 0 Å². The number of nitrogens with zero attached hydrogens (tertiary/aromatic N) is 2. The third kappa shape index (κ3) is 2.06. The van der Waals surface area contributed by atoms with Crippen LogP contribution in [0, 0.1) is 0 Å². The fourth-order valence-electron chi connectivity index (χ4n) is 1.56. The summed E-state index contributed by atoms with van der Waals surface area (Å²) in [7, 11) is 0. The first-order chi connectivity index (χ1) is 8.81. The Hall–Kier alpha value is -2.69. The molecule has 88 valence electrons. The topological polar surface area (TPSA) is 67.9 Å². The molecule has 0 bridgehead atoms. The van der Waals surface area contributed by atoms with Crippen LogP contribution in [0.2, 0.25) is 0 Å². The van der Waals surface area contributed by atoms with Gasteiger partial charge in [0.2, 0.25) is 5.56 Å². The molecule has 0 amide bonds. The van der Waals surface area contributed by atoms with E-state index in [1.807, 2.05) is 18.2 Å². The van der Waals surface area contributed by atoms with E-state index in [4.69, 9.17) is 4.74 Å². The molecule has 0 aliphatic heterocycles. The van der Waals surface area contributed by atoms with Crippen molar-refractivity contribution in [3.05, 3.63) is 59.0 Å². The summed E-state index contributed by atoms with van der Waals surface area (Å²) in [5.74, 6) is 0.648. The molecule has 5 nitrogen and oxygen atoms in total. The van der Waals surface area contributed by atoms with Crippen LogP contribution in [0.4, 0.5) is 0 Å². The highest BCUT2D eigenvalue weighted by atomic mass is 16.5. The molecular formula is C13H9N3O2. The highest BCUT2D eigenvalue weighted by molar-refractivity contribution is 5.73. The molecule has 0 spiro atoms. The summed E-state index contributed by atoms with van der Waals surface area (Å²) in [4.78, 5) is 22.0. The molecule has 0 unspecified atom stereocenters. The van der Waals surface area contributed by atoms with Crippen LogP contribution < -0.4 is 10.3 Å². The van der Waals surface area contributed by atoms with Crippen molar-refractivity contribution in [3.63, 3.8) is 0 Å². The third-order valence-electron chi connectivity index (χ3n) is 2.40. The highest BCUT2D eigenvalue weighted by Crippen LogP contribution is 2.17. The van der Waals surface area contributed by atoms with Crippen LogP contribution in [0.15, 0.2) is 53.5 Å². The van der Waals surface area contributed by atoms with Crippen molar-refractivity contribution in [2.75, 3.05) is 0 Å². The molecule has 0 atom stereocenters. The van der Waals surface area contributed by atoms with Crippen molar-refractivity contribution in [3.8, 4) is 11.8 Å². The van der Waals surface area contributed by atoms with Gasteiger partial charge in [-0.25, -0.2) is 4.98 Å². The first-order valence-corrected chi connectivity index (χ1v) is 5.40. The van der Waals surface area contributed by atoms with Crippen LogP contribution in [0.1, 0.15) is 0 Å². The Morgan fingerprint density at radius 1 is 1.06 bits per heavy atom. The maximum atomic E-state index is 11.2. The average Bonchev–Trinajstić information content (AvgIpc) is 2.39. The summed E-state index contributed by atoms with van der Waals surface area (Å²) in [6.45, 7) is 0. The number of hydrogen-bond acceptors (Lipinski definition) is 4. The minimum Gasteiger partial charge on any atom is -0.424 e. The normalized spacial score (nSPS) is 10.4. The molecule has 0 aliphatic rings. The second-order valence-corrected chi connectivity index (χ2v) is 3.69. The summed E-state index contributed by atoms with van der Waals surface area (Å²) in [6.07, 6.45) is 1.61. The molecule has 0 fully saturated rings. The molecule has 1 N–H and O–H groups in total. The molecule has 5 heteroatoms. The van der Waals surface area contributed by atoms with Crippen molar-refractivity contribution >= 4 is 11.0 Å². The number of H-pyrrole nitrogens is 1. The SMILES string of the molecule is O=c1ccc2cnc(Oc3ccccc3)nc2[nH]1. The zero-order valence-corrected chi connectivity index (χ0v) is 9.33. The summed E-state index contributed by atoms with van der Waals surface area (Å²) in [5, 5.41) is 0.759. The lowest BCUT2D eigenvalue weighted by Gasteiger charge is -2.03. The van der Waals surface area contributed by atoms with Crippen LogP contribution in [0.25, 0.3) is 11.0 Å². The van der Waals surface area contributed by atoms with E-state index in [0.29, 0.717) is 11.4 Å². The number of ether oxygens (including phenoxy) is 1. The molecule has 0 aliphatic carbocycles. The summed E-state index contributed by atoms with van der Waals surface area (Å²) >= 11 is 0. The first kappa shape index (κ1) is 10.5. The van der Waals surface area contributed by atoms with Crippen LogP contribution in [-0.2, 0) is 0 Å². The fourth-order valence-corrected chi connectivity index (χ4v) is 1.56.